The van der Waals surface area contributed by atoms with E-state index in [2.05, 4.69) is 4.98 Å². The molecule has 170 valence electrons. The van der Waals surface area contributed by atoms with Crippen molar-refractivity contribution in [3.8, 4) is 11.3 Å². The number of sulfone groups is 1. The molecule has 1 aliphatic rings. The summed E-state index contributed by atoms with van der Waals surface area (Å²) < 4.78 is 64.8. The van der Waals surface area contributed by atoms with Crippen LogP contribution in [0, 0.1) is 0 Å². The van der Waals surface area contributed by atoms with Gasteiger partial charge in [-0.1, -0.05) is 29.3 Å². The van der Waals surface area contributed by atoms with E-state index in [0.717, 1.165) is 22.8 Å². The van der Waals surface area contributed by atoms with E-state index < -0.39 is 26.8 Å². The van der Waals surface area contributed by atoms with Gasteiger partial charge in [0.05, 0.1) is 26.4 Å². The van der Waals surface area contributed by atoms with Gasteiger partial charge in [0.1, 0.15) is 0 Å². The number of piperidine rings is 1. The number of thiazole rings is 1. The molecule has 0 atom stereocenters. The Kier molecular flexibility index (Phi) is 6.46. The van der Waals surface area contributed by atoms with E-state index in [1.54, 1.807) is 18.2 Å². The molecule has 0 radical (unpaired) electrons. The summed E-state index contributed by atoms with van der Waals surface area (Å²) >= 11 is 13.6. The SMILES string of the molecule is O=S(=O)(c1cccc(C(F)(F)F)c1)C1CCN(c2nc(-c3ccc(Cl)cc3Cl)cs2)CC1. The zero-order valence-corrected chi connectivity index (χ0v) is 19.6. The first-order valence-corrected chi connectivity index (χ1v) is 12.8. The van der Waals surface area contributed by atoms with E-state index in [4.69, 9.17) is 23.2 Å². The van der Waals surface area contributed by atoms with Crippen molar-refractivity contribution in [1.82, 2.24) is 4.98 Å². The van der Waals surface area contributed by atoms with Gasteiger partial charge in [-0.2, -0.15) is 13.2 Å². The third-order valence-corrected chi connectivity index (χ3v) is 9.05. The van der Waals surface area contributed by atoms with E-state index in [-0.39, 0.29) is 4.90 Å². The van der Waals surface area contributed by atoms with Crippen LogP contribution in [0.2, 0.25) is 10.0 Å². The first-order valence-electron chi connectivity index (χ1n) is 9.63. The van der Waals surface area contributed by atoms with Crippen LogP contribution in [0.15, 0.2) is 52.7 Å². The molecular formula is C21H17Cl2F3N2O2S2. The van der Waals surface area contributed by atoms with Crippen LogP contribution in [-0.4, -0.2) is 31.7 Å². The Morgan fingerprint density at radius 3 is 2.44 bits per heavy atom. The quantitative estimate of drug-likeness (QED) is 0.389. The second-order valence-electron chi connectivity index (χ2n) is 7.40. The number of hydrogen-bond donors (Lipinski definition) is 0. The summed E-state index contributed by atoms with van der Waals surface area (Å²) in [5.74, 6) is 0. The second-order valence-corrected chi connectivity index (χ2v) is 11.3. The molecule has 0 spiro atoms. The molecule has 11 heteroatoms. The molecule has 0 amide bonds. The highest BCUT2D eigenvalue weighted by Gasteiger charge is 2.35. The van der Waals surface area contributed by atoms with Gasteiger partial charge in [0.15, 0.2) is 15.0 Å². The van der Waals surface area contributed by atoms with Crippen molar-refractivity contribution in [3.63, 3.8) is 0 Å². The molecule has 1 fully saturated rings. The van der Waals surface area contributed by atoms with Crippen molar-refractivity contribution in [2.24, 2.45) is 0 Å². The summed E-state index contributed by atoms with van der Waals surface area (Å²) in [5, 5.41) is 2.88. The van der Waals surface area contributed by atoms with Gasteiger partial charge < -0.3 is 4.90 Å². The Labute approximate surface area is 197 Å². The number of halogens is 5. The van der Waals surface area contributed by atoms with Crippen LogP contribution in [0.5, 0.6) is 0 Å². The van der Waals surface area contributed by atoms with Crippen LogP contribution in [-0.2, 0) is 16.0 Å². The molecule has 2 heterocycles. The molecule has 1 saturated heterocycles. The monoisotopic (exact) mass is 520 g/mol. The Balaban J connectivity index is 1.47. The fourth-order valence-corrected chi connectivity index (χ4v) is 6.79. The summed E-state index contributed by atoms with van der Waals surface area (Å²) in [6.45, 7) is 0.869. The summed E-state index contributed by atoms with van der Waals surface area (Å²) in [6, 6.07) is 9.09. The lowest BCUT2D eigenvalue weighted by Crippen LogP contribution is -2.39. The maximum absolute atomic E-state index is 13.0. The standard InChI is InChI=1S/C21H17Cl2F3N2O2S2/c22-14-4-5-17(18(23)11-14)19-12-31-20(27-19)28-8-6-15(7-9-28)32(29,30)16-3-1-2-13(10-16)21(24,25)26/h1-5,10-12,15H,6-9H2. The molecule has 0 N–H and O–H groups in total. The minimum Gasteiger partial charge on any atom is -0.348 e. The van der Waals surface area contributed by atoms with Crippen LogP contribution < -0.4 is 4.90 Å². The van der Waals surface area contributed by atoms with Gasteiger partial charge >= 0.3 is 6.18 Å². The van der Waals surface area contributed by atoms with Crippen LogP contribution in [0.1, 0.15) is 18.4 Å². The normalized spacial score (nSPS) is 15.8. The predicted molar refractivity (Wildman–Crippen MR) is 121 cm³/mol. The van der Waals surface area contributed by atoms with Crippen molar-refractivity contribution in [2.45, 2.75) is 29.2 Å². The molecule has 0 saturated carbocycles. The lowest BCUT2D eigenvalue weighted by atomic mass is 10.1. The summed E-state index contributed by atoms with van der Waals surface area (Å²) in [4.78, 5) is 6.31. The van der Waals surface area contributed by atoms with Gasteiger partial charge in [0, 0.05) is 29.1 Å². The lowest BCUT2D eigenvalue weighted by molar-refractivity contribution is -0.137. The third kappa shape index (κ3) is 4.76. The maximum Gasteiger partial charge on any atom is 0.416 e. The highest BCUT2D eigenvalue weighted by Crippen LogP contribution is 2.36. The number of alkyl halides is 3. The number of aromatic nitrogens is 1. The topological polar surface area (TPSA) is 50.3 Å². The van der Waals surface area contributed by atoms with Crippen molar-refractivity contribution >= 4 is 49.5 Å². The molecule has 2 aromatic carbocycles. The molecule has 0 bridgehead atoms. The first-order chi connectivity index (χ1) is 15.1. The Morgan fingerprint density at radius 1 is 1.06 bits per heavy atom. The fourth-order valence-electron chi connectivity index (χ4n) is 3.63. The van der Waals surface area contributed by atoms with E-state index in [9.17, 15) is 21.6 Å². The molecule has 4 rings (SSSR count). The first kappa shape index (κ1) is 23.4. The highest BCUT2D eigenvalue weighted by atomic mass is 35.5. The van der Waals surface area contributed by atoms with E-state index in [1.165, 1.54) is 17.4 Å². The molecule has 3 aromatic rings. The third-order valence-electron chi connectivity index (χ3n) is 5.34. The average Bonchev–Trinajstić information content (AvgIpc) is 3.23. The largest absolute Gasteiger partial charge is 0.416 e. The van der Waals surface area contributed by atoms with E-state index in [1.807, 2.05) is 10.3 Å². The van der Waals surface area contributed by atoms with Crippen LogP contribution >= 0.6 is 34.5 Å². The second kappa shape index (κ2) is 8.85. The number of benzene rings is 2. The lowest BCUT2D eigenvalue weighted by Gasteiger charge is -2.31. The summed E-state index contributed by atoms with van der Waals surface area (Å²) in [7, 11) is -3.87. The van der Waals surface area contributed by atoms with E-state index >= 15 is 0 Å². The number of rotatable bonds is 4. The van der Waals surface area contributed by atoms with Crippen molar-refractivity contribution < 1.29 is 21.6 Å². The molecule has 0 aliphatic carbocycles. The number of anilines is 1. The maximum atomic E-state index is 13.0. The Bertz CT molecular complexity index is 1240. The minimum atomic E-state index is -4.59. The smallest absolute Gasteiger partial charge is 0.348 e. The molecule has 4 nitrogen and oxygen atoms in total. The fraction of sp³-hybridized carbons (Fsp3) is 0.286. The average molecular weight is 521 g/mol. The molecule has 1 aliphatic heterocycles. The Hall–Kier alpha value is -1.81. The van der Waals surface area contributed by atoms with Crippen molar-refractivity contribution in [2.75, 3.05) is 18.0 Å². The molecule has 0 unspecified atom stereocenters. The van der Waals surface area contributed by atoms with Gasteiger partial charge in [0.25, 0.3) is 0 Å². The number of nitrogens with zero attached hydrogens (tertiary/aromatic N) is 2. The zero-order chi connectivity index (χ0) is 23.1. The van der Waals surface area contributed by atoms with Gasteiger partial charge in [-0.15, -0.1) is 11.3 Å². The van der Waals surface area contributed by atoms with Crippen LogP contribution in [0.25, 0.3) is 11.3 Å². The predicted octanol–water partition coefficient (Wildman–Crippen LogP) is 6.58. The van der Waals surface area contributed by atoms with Crippen LogP contribution in [0.4, 0.5) is 18.3 Å². The van der Waals surface area contributed by atoms with Crippen molar-refractivity contribution in [3.05, 3.63) is 63.5 Å². The molecule has 1 aromatic heterocycles. The summed E-state index contributed by atoms with van der Waals surface area (Å²) in [5.41, 5.74) is 0.484. The molecule has 32 heavy (non-hydrogen) atoms. The minimum absolute atomic E-state index is 0.292. The van der Waals surface area contributed by atoms with Gasteiger partial charge in [-0.05, 0) is 49.2 Å². The molecular weight excluding hydrogens is 504 g/mol. The highest BCUT2D eigenvalue weighted by molar-refractivity contribution is 7.92. The van der Waals surface area contributed by atoms with Gasteiger partial charge in [0.2, 0.25) is 0 Å². The van der Waals surface area contributed by atoms with E-state index in [0.29, 0.717) is 47.7 Å². The van der Waals surface area contributed by atoms with Crippen molar-refractivity contribution in [1.29, 1.82) is 0 Å². The summed E-state index contributed by atoms with van der Waals surface area (Å²) in [6.07, 6.45) is -3.99. The Morgan fingerprint density at radius 2 is 1.78 bits per heavy atom. The van der Waals surface area contributed by atoms with Gasteiger partial charge in [-0.3, -0.25) is 0 Å². The zero-order valence-electron chi connectivity index (χ0n) is 16.4. The van der Waals surface area contributed by atoms with Gasteiger partial charge in [-0.25, -0.2) is 13.4 Å². The van der Waals surface area contributed by atoms with Crippen LogP contribution in [0.3, 0.4) is 0 Å². The number of hydrogen-bond acceptors (Lipinski definition) is 5.